The predicted octanol–water partition coefficient (Wildman–Crippen LogP) is 2.58. The van der Waals surface area contributed by atoms with E-state index in [-0.39, 0.29) is 23.2 Å². The first-order valence-electron chi connectivity index (χ1n) is 7.77. The number of sulfone groups is 1. The van der Waals surface area contributed by atoms with Gasteiger partial charge in [0.2, 0.25) is 0 Å². The zero-order valence-corrected chi connectivity index (χ0v) is 14.6. The molecule has 0 spiro atoms. The third-order valence-corrected chi connectivity index (χ3v) is 6.00. The summed E-state index contributed by atoms with van der Waals surface area (Å²) in [7, 11) is -3.00. The summed E-state index contributed by atoms with van der Waals surface area (Å²) < 4.78 is 51.5. The Balaban J connectivity index is 1.79. The van der Waals surface area contributed by atoms with Gasteiger partial charge >= 0.3 is 0 Å². The minimum absolute atomic E-state index is 0.0576. The molecule has 0 saturated carbocycles. The van der Waals surface area contributed by atoms with E-state index in [9.17, 15) is 17.2 Å². The first-order valence-corrected chi connectivity index (χ1v) is 9.59. The van der Waals surface area contributed by atoms with Gasteiger partial charge in [-0.25, -0.2) is 17.2 Å². The zero-order chi connectivity index (χ0) is 18.2. The van der Waals surface area contributed by atoms with Crippen LogP contribution in [0.2, 0.25) is 0 Å². The predicted molar refractivity (Wildman–Crippen MR) is 91.6 cm³/mol. The Morgan fingerprint density at radius 3 is 2.76 bits per heavy atom. The van der Waals surface area contributed by atoms with Crippen LogP contribution in [-0.2, 0) is 9.84 Å². The van der Waals surface area contributed by atoms with Gasteiger partial charge in [0.05, 0.1) is 35.1 Å². The van der Waals surface area contributed by atoms with Gasteiger partial charge in [-0.3, -0.25) is 10.1 Å². The summed E-state index contributed by atoms with van der Waals surface area (Å²) in [6.45, 7) is 3.64. The van der Waals surface area contributed by atoms with Crippen LogP contribution in [0.3, 0.4) is 0 Å². The molecule has 0 amide bonds. The van der Waals surface area contributed by atoms with E-state index in [1.54, 1.807) is 11.6 Å². The van der Waals surface area contributed by atoms with Crippen molar-refractivity contribution >= 4 is 21.7 Å². The number of aryl methyl sites for hydroxylation is 1. The molecule has 2 aromatic rings. The van der Waals surface area contributed by atoms with Crippen molar-refractivity contribution in [1.82, 2.24) is 9.78 Å². The van der Waals surface area contributed by atoms with Crippen LogP contribution in [0, 0.1) is 25.5 Å². The quantitative estimate of drug-likeness (QED) is 0.665. The molecule has 1 saturated heterocycles. The molecule has 0 aliphatic carbocycles. The molecule has 0 unspecified atom stereocenters. The molecule has 1 aliphatic rings. The topological polar surface area (TPSA) is 76.3 Å². The van der Waals surface area contributed by atoms with Crippen LogP contribution >= 0.6 is 0 Å². The van der Waals surface area contributed by atoms with E-state index in [1.807, 2.05) is 6.92 Å². The van der Waals surface area contributed by atoms with Crippen molar-refractivity contribution in [1.29, 1.82) is 0 Å². The maximum absolute atomic E-state index is 13.6. The Morgan fingerprint density at radius 2 is 2.12 bits per heavy atom. The van der Waals surface area contributed by atoms with E-state index in [4.69, 9.17) is 0 Å². The van der Waals surface area contributed by atoms with Crippen molar-refractivity contribution in [3.05, 3.63) is 46.8 Å². The van der Waals surface area contributed by atoms with E-state index < -0.39 is 21.5 Å². The van der Waals surface area contributed by atoms with Crippen LogP contribution in [0.4, 0.5) is 14.5 Å². The summed E-state index contributed by atoms with van der Waals surface area (Å²) in [6.07, 6.45) is 2.04. The molecule has 6 nitrogen and oxygen atoms in total. The second-order valence-electron chi connectivity index (χ2n) is 6.08. The number of hydrazone groups is 1. The van der Waals surface area contributed by atoms with E-state index in [0.717, 1.165) is 23.4 Å². The van der Waals surface area contributed by atoms with Gasteiger partial charge < -0.3 is 0 Å². The smallest absolute Gasteiger partial charge is 0.152 e. The minimum Gasteiger partial charge on any atom is -0.276 e. The van der Waals surface area contributed by atoms with Crippen LogP contribution in [0.15, 0.2) is 23.3 Å². The molecule has 1 atom stereocenters. The lowest BCUT2D eigenvalue weighted by Gasteiger charge is -2.10. The Kier molecular flexibility index (Phi) is 4.59. The van der Waals surface area contributed by atoms with E-state index in [2.05, 4.69) is 15.6 Å². The number of benzene rings is 1. The number of aromatic nitrogens is 2. The summed E-state index contributed by atoms with van der Waals surface area (Å²) in [4.78, 5) is 0. The molecule has 1 aromatic carbocycles. The summed E-state index contributed by atoms with van der Waals surface area (Å²) in [5.41, 5.74) is 4.82. The highest BCUT2D eigenvalue weighted by molar-refractivity contribution is 7.91. The average Bonchev–Trinajstić information content (AvgIpc) is 3.02. The lowest BCUT2D eigenvalue weighted by molar-refractivity contribution is 0.486. The average molecular weight is 368 g/mol. The van der Waals surface area contributed by atoms with Crippen molar-refractivity contribution in [2.45, 2.75) is 26.3 Å². The molecule has 0 radical (unpaired) electrons. The van der Waals surface area contributed by atoms with Gasteiger partial charge in [0, 0.05) is 17.3 Å². The van der Waals surface area contributed by atoms with Gasteiger partial charge in [-0.1, -0.05) is 0 Å². The van der Waals surface area contributed by atoms with E-state index in [1.165, 1.54) is 12.3 Å². The molecule has 2 heterocycles. The fourth-order valence-corrected chi connectivity index (χ4v) is 4.62. The first kappa shape index (κ1) is 17.5. The molecule has 25 heavy (non-hydrogen) atoms. The molecule has 134 valence electrons. The van der Waals surface area contributed by atoms with Crippen molar-refractivity contribution in [2.75, 3.05) is 16.9 Å². The largest absolute Gasteiger partial charge is 0.276 e. The number of nitrogens with zero attached hydrogens (tertiary/aromatic N) is 3. The molecule has 1 aliphatic heterocycles. The van der Waals surface area contributed by atoms with Gasteiger partial charge in [0.1, 0.15) is 5.82 Å². The molecule has 1 fully saturated rings. The molecule has 1 N–H and O–H groups in total. The van der Waals surface area contributed by atoms with Gasteiger partial charge in [0.25, 0.3) is 0 Å². The van der Waals surface area contributed by atoms with E-state index in [0.29, 0.717) is 12.1 Å². The van der Waals surface area contributed by atoms with Crippen molar-refractivity contribution in [2.24, 2.45) is 5.10 Å². The van der Waals surface area contributed by atoms with Gasteiger partial charge in [-0.2, -0.15) is 10.2 Å². The fourth-order valence-electron chi connectivity index (χ4n) is 2.93. The third kappa shape index (κ3) is 3.71. The normalized spacial score (nSPS) is 19.6. The van der Waals surface area contributed by atoms with Crippen LogP contribution in [-0.4, -0.2) is 35.9 Å². The molecule has 0 bridgehead atoms. The second kappa shape index (κ2) is 6.55. The number of hydrogen-bond donors (Lipinski definition) is 1. The Hall–Kier alpha value is -2.29. The van der Waals surface area contributed by atoms with Crippen LogP contribution < -0.4 is 5.43 Å². The van der Waals surface area contributed by atoms with Crippen molar-refractivity contribution in [3.8, 4) is 0 Å². The number of anilines is 1. The summed E-state index contributed by atoms with van der Waals surface area (Å²) in [5, 5.41) is 8.41. The van der Waals surface area contributed by atoms with E-state index >= 15 is 0 Å². The maximum atomic E-state index is 13.6. The summed E-state index contributed by atoms with van der Waals surface area (Å²) >= 11 is 0. The van der Waals surface area contributed by atoms with Crippen molar-refractivity contribution < 1.29 is 17.2 Å². The highest BCUT2D eigenvalue weighted by Crippen LogP contribution is 2.26. The van der Waals surface area contributed by atoms with Gasteiger partial charge in [-0.15, -0.1) is 0 Å². The van der Waals surface area contributed by atoms with Gasteiger partial charge in [0.15, 0.2) is 15.7 Å². The summed E-state index contributed by atoms with van der Waals surface area (Å²) in [5.74, 6) is -1.14. The fraction of sp³-hybridized carbons (Fsp3) is 0.375. The first-order chi connectivity index (χ1) is 11.8. The number of rotatable bonds is 4. The standard InChI is InChI=1S/C16H18F2N4O2S/c1-10-14(8-19-20-16-4-3-12(17)7-15(16)18)11(2)22(21-10)13-5-6-25(23,24)9-13/h3-4,7-8,13,20H,5-6,9H2,1-2H3/b19-8-/t13-/m0/s1. The zero-order valence-electron chi connectivity index (χ0n) is 13.8. The molecule has 1 aromatic heterocycles. The monoisotopic (exact) mass is 368 g/mol. The third-order valence-electron chi connectivity index (χ3n) is 4.25. The number of halogens is 2. The Labute approximate surface area is 144 Å². The molecular weight excluding hydrogens is 350 g/mol. The lowest BCUT2D eigenvalue weighted by Crippen LogP contribution is -2.14. The Bertz CT molecular complexity index is 938. The van der Waals surface area contributed by atoms with Crippen LogP contribution in [0.25, 0.3) is 0 Å². The lowest BCUT2D eigenvalue weighted by atomic mass is 10.2. The Morgan fingerprint density at radius 1 is 1.36 bits per heavy atom. The molecule has 9 heteroatoms. The summed E-state index contributed by atoms with van der Waals surface area (Å²) in [6, 6.07) is 2.99. The molecule has 3 rings (SSSR count). The van der Waals surface area contributed by atoms with Crippen molar-refractivity contribution in [3.63, 3.8) is 0 Å². The van der Waals surface area contributed by atoms with Crippen LogP contribution in [0.5, 0.6) is 0 Å². The minimum atomic E-state index is -3.00. The SMILES string of the molecule is Cc1nn([C@H]2CCS(=O)(=O)C2)c(C)c1/C=N\Nc1ccc(F)cc1F. The maximum Gasteiger partial charge on any atom is 0.152 e. The number of hydrogen-bond acceptors (Lipinski definition) is 5. The van der Waals surface area contributed by atoms with Crippen LogP contribution in [0.1, 0.15) is 29.4 Å². The highest BCUT2D eigenvalue weighted by atomic mass is 32.2. The number of nitrogens with one attached hydrogen (secondary N) is 1. The molecular formula is C16H18F2N4O2S. The second-order valence-corrected chi connectivity index (χ2v) is 8.31. The highest BCUT2D eigenvalue weighted by Gasteiger charge is 2.31. The van der Waals surface area contributed by atoms with Gasteiger partial charge in [-0.05, 0) is 32.4 Å².